The molecule has 1 unspecified atom stereocenters. The van der Waals surface area contributed by atoms with E-state index < -0.39 is 0 Å². The van der Waals surface area contributed by atoms with Crippen LogP contribution < -0.4 is 15.0 Å². The number of para-hydroxylation sites is 2. The molecule has 2 aromatic heterocycles. The van der Waals surface area contributed by atoms with Crippen LogP contribution in [-0.4, -0.2) is 37.0 Å². The molecule has 6 nitrogen and oxygen atoms in total. The Kier molecular flexibility index (Phi) is 6.15. The van der Waals surface area contributed by atoms with Gasteiger partial charge in [0.2, 0.25) is 11.8 Å². The van der Waals surface area contributed by atoms with Crippen LogP contribution in [0.25, 0.3) is 10.6 Å². The molecule has 3 heterocycles. The number of thiophene rings is 1. The van der Waals surface area contributed by atoms with Crippen molar-refractivity contribution in [2.75, 3.05) is 25.1 Å². The van der Waals surface area contributed by atoms with E-state index in [1.807, 2.05) is 31.2 Å². The first-order valence-corrected chi connectivity index (χ1v) is 11.5. The number of amides is 2. The third kappa shape index (κ3) is 4.39. The fourth-order valence-corrected chi connectivity index (χ4v) is 5.20. The number of ether oxygens (including phenoxy) is 1. The summed E-state index contributed by atoms with van der Waals surface area (Å²) in [5, 5.41) is 6.11. The van der Waals surface area contributed by atoms with Gasteiger partial charge in [-0.05, 0) is 37.6 Å². The summed E-state index contributed by atoms with van der Waals surface area (Å²) in [6.45, 7) is 2.92. The molecule has 8 heteroatoms. The zero-order valence-electron chi connectivity index (χ0n) is 16.9. The average Bonchev–Trinajstić information content (AvgIpc) is 3.48. The highest BCUT2D eigenvalue weighted by molar-refractivity contribution is 7.16. The minimum Gasteiger partial charge on any atom is -0.495 e. The number of nitrogens with one attached hydrogen (secondary N) is 1. The predicted octanol–water partition coefficient (Wildman–Crippen LogP) is 3.90. The van der Waals surface area contributed by atoms with Crippen LogP contribution in [0.4, 0.5) is 5.69 Å². The Labute approximate surface area is 183 Å². The summed E-state index contributed by atoms with van der Waals surface area (Å²) in [5.74, 6) is 0.156. The Balaban J connectivity index is 1.31. The number of thiazole rings is 1. The molecule has 4 rings (SSSR count). The van der Waals surface area contributed by atoms with Crippen molar-refractivity contribution in [1.82, 2.24) is 10.3 Å². The molecule has 1 aliphatic heterocycles. The number of nitrogens with zero attached hydrogens (tertiary/aromatic N) is 2. The number of aromatic nitrogens is 1. The quantitative estimate of drug-likeness (QED) is 0.604. The van der Waals surface area contributed by atoms with E-state index in [1.165, 1.54) is 4.88 Å². The second-order valence-corrected chi connectivity index (χ2v) is 9.37. The van der Waals surface area contributed by atoms with Crippen LogP contribution in [0.3, 0.4) is 0 Å². The number of benzene rings is 1. The molecule has 1 saturated heterocycles. The van der Waals surface area contributed by atoms with E-state index >= 15 is 0 Å². The fourth-order valence-electron chi connectivity index (χ4n) is 3.55. The van der Waals surface area contributed by atoms with Crippen molar-refractivity contribution in [2.45, 2.75) is 19.8 Å². The first-order valence-electron chi connectivity index (χ1n) is 9.77. The van der Waals surface area contributed by atoms with Crippen molar-refractivity contribution in [1.29, 1.82) is 0 Å². The van der Waals surface area contributed by atoms with E-state index in [4.69, 9.17) is 4.74 Å². The van der Waals surface area contributed by atoms with Crippen molar-refractivity contribution in [3.63, 3.8) is 0 Å². The van der Waals surface area contributed by atoms with Crippen LogP contribution in [0.15, 0.2) is 41.8 Å². The van der Waals surface area contributed by atoms with Gasteiger partial charge in [-0.15, -0.1) is 22.7 Å². The smallest absolute Gasteiger partial charge is 0.227 e. The van der Waals surface area contributed by atoms with Crippen molar-refractivity contribution >= 4 is 40.2 Å². The van der Waals surface area contributed by atoms with Gasteiger partial charge in [-0.25, -0.2) is 4.98 Å². The van der Waals surface area contributed by atoms with Gasteiger partial charge in [0.1, 0.15) is 5.75 Å². The number of hydrogen-bond donors (Lipinski definition) is 1. The molecule has 0 radical (unpaired) electrons. The number of anilines is 1. The summed E-state index contributed by atoms with van der Waals surface area (Å²) in [4.78, 5) is 33.6. The van der Waals surface area contributed by atoms with E-state index in [-0.39, 0.29) is 24.2 Å². The largest absolute Gasteiger partial charge is 0.495 e. The van der Waals surface area contributed by atoms with Gasteiger partial charge >= 0.3 is 0 Å². The van der Waals surface area contributed by atoms with Crippen molar-refractivity contribution in [3.8, 4) is 16.3 Å². The highest BCUT2D eigenvalue weighted by Gasteiger charge is 2.36. The Morgan fingerprint density at radius 2 is 2.13 bits per heavy atom. The minimum atomic E-state index is -0.348. The Morgan fingerprint density at radius 1 is 1.30 bits per heavy atom. The van der Waals surface area contributed by atoms with Crippen LogP contribution in [-0.2, 0) is 16.0 Å². The summed E-state index contributed by atoms with van der Waals surface area (Å²) >= 11 is 3.35. The Morgan fingerprint density at radius 3 is 2.90 bits per heavy atom. The van der Waals surface area contributed by atoms with Crippen LogP contribution >= 0.6 is 22.7 Å². The van der Waals surface area contributed by atoms with Crippen LogP contribution in [0.1, 0.15) is 16.3 Å². The third-order valence-electron chi connectivity index (χ3n) is 5.08. The molecule has 0 aliphatic carbocycles. The van der Waals surface area contributed by atoms with Crippen LogP contribution in [0.2, 0.25) is 0 Å². The molecule has 156 valence electrons. The molecule has 3 aromatic rings. The van der Waals surface area contributed by atoms with Gasteiger partial charge in [0.25, 0.3) is 0 Å². The highest BCUT2D eigenvalue weighted by Crippen LogP contribution is 2.33. The number of methoxy groups -OCH3 is 1. The van der Waals surface area contributed by atoms with Gasteiger partial charge in [0, 0.05) is 29.8 Å². The molecule has 2 amide bonds. The van der Waals surface area contributed by atoms with Gasteiger partial charge in [0.05, 0.1) is 34.3 Å². The maximum absolute atomic E-state index is 12.6. The second kappa shape index (κ2) is 8.97. The monoisotopic (exact) mass is 441 g/mol. The minimum absolute atomic E-state index is 0.0545. The first-order chi connectivity index (χ1) is 14.5. The Hall–Kier alpha value is -2.71. The van der Waals surface area contributed by atoms with E-state index in [2.05, 4.69) is 27.8 Å². The van der Waals surface area contributed by atoms with Crippen molar-refractivity contribution in [3.05, 3.63) is 51.7 Å². The lowest BCUT2D eigenvalue weighted by molar-refractivity contribution is -0.126. The molecule has 0 bridgehead atoms. The lowest BCUT2D eigenvalue weighted by Gasteiger charge is -2.19. The van der Waals surface area contributed by atoms with E-state index in [0.717, 1.165) is 22.0 Å². The number of hydrogen-bond acceptors (Lipinski definition) is 6. The van der Waals surface area contributed by atoms with Gasteiger partial charge in [-0.1, -0.05) is 12.1 Å². The molecule has 0 saturated carbocycles. The Bertz CT molecular complexity index is 1060. The number of carbonyl (C=O) groups is 2. The number of rotatable bonds is 7. The molecular weight excluding hydrogens is 418 g/mol. The zero-order valence-corrected chi connectivity index (χ0v) is 18.5. The lowest BCUT2D eigenvalue weighted by Crippen LogP contribution is -2.34. The molecule has 1 aliphatic rings. The second-order valence-electron chi connectivity index (χ2n) is 7.14. The number of carbonyl (C=O) groups excluding carboxylic acids is 2. The maximum Gasteiger partial charge on any atom is 0.227 e. The average molecular weight is 442 g/mol. The molecule has 1 aromatic carbocycles. The fraction of sp³-hybridized carbons (Fsp3) is 0.318. The first kappa shape index (κ1) is 20.6. The van der Waals surface area contributed by atoms with E-state index in [0.29, 0.717) is 24.5 Å². The summed E-state index contributed by atoms with van der Waals surface area (Å²) in [5.41, 5.74) is 1.72. The van der Waals surface area contributed by atoms with Gasteiger partial charge in [-0.3, -0.25) is 9.59 Å². The third-order valence-corrected chi connectivity index (χ3v) is 7.02. The normalized spacial score (nSPS) is 16.1. The standard InChI is InChI=1S/C22H23N3O3S2/c1-14-24-17(13-29-14)20-8-7-16(30-20)9-10-23-22(27)15-11-21(26)25(12-15)18-5-3-4-6-19(18)28-2/h3-8,13,15H,9-12H2,1-2H3,(H,23,27). The summed E-state index contributed by atoms with van der Waals surface area (Å²) in [7, 11) is 1.58. The van der Waals surface area contributed by atoms with Crippen molar-refractivity contribution < 1.29 is 14.3 Å². The molecule has 1 atom stereocenters. The maximum atomic E-state index is 12.6. The molecule has 1 fully saturated rings. The predicted molar refractivity (Wildman–Crippen MR) is 120 cm³/mol. The van der Waals surface area contributed by atoms with Gasteiger partial charge in [-0.2, -0.15) is 0 Å². The van der Waals surface area contributed by atoms with Gasteiger partial charge in [0.15, 0.2) is 0 Å². The summed E-state index contributed by atoms with van der Waals surface area (Å²) in [6, 6.07) is 11.5. The SMILES string of the molecule is COc1ccccc1N1CC(C(=O)NCCc2ccc(-c3csc(C)n3)s2)CC1=O. The molecule has 1 N–H and O–H groups in total. The van der Waals surface area contributed by atoms with Gasteiger partial charge < -0.3 is 15.0 Å². The molecule has 0 spiro atoms. The topological polar surface area (TPSA) is 71.5 Å². The van der Waals surface area contributed by atoms with Crippen LogP contribution in [0.5, 0.6) is 5.75 Å². The van der Waals surface area contributed by atoms with E-state index in [1.54, 1.807) is 34.7 Å². The van der Waals surface area contributed by atoms with Crippen molar-refractivity contribution in [2.24, 2.45) is 5.92 Å². The summed E-state index contributed by atoms with van der Waals surface area (Å²) < 4.78 is 5.35. The zero-order chi connectivity index (χ0) is 21.1. The molecular formula is C22H23N3O3S2. The lowest BCUT2D eigenvalue weighted by atomic mass is 10.1. The highest BCUT2D eigenvalue weighted by atomic mass is 32.1. The molecule has 30 heavy (non-hydrogen) atoms. The van der Waals surface area contributed by atoms with Crippen LogP contribution in [0, 0.1) is 12.8 Å². The number of aryl methyl sites for hydroxylation is 1. The van der Waals surface area contributed by atoms with E-state index in [9.17, 15) is 9.59 Å². The summed E-state index contributed by atoms with van der Waals surface area (Å²) in [6.07, 6.45) is 0.979.